The second-order valence-electron chi connectivity index (χ2n) is 6.85. The Hall–Kier alpha value is -3.12. The number of fused-ring (bicyclic) bond motifs is 1. The van der Waals surface area contributed by atoms with E-state index in [4.69, 9.17) is 9.47 Å². The molecule has 1 aromatic heterocycles. The Morgan fingerprint density at radius 3 is 2.82 bits per heavy atom. The minimum atomic E-state index is -0.396. The largest absolute Gasteiger partial charge is 0.489 e. The standard InChI is InChI=1S/C22H22N2O4/c25-21-17-9-2-1-7-15(17)13-19(24-21)22(26)23-18-10-3-4-11-20(18)28-14-16-8-5-6-12-27-16/h1-4,7,9-11,13,16H,5-6,8,12,14H2,(H,23,26)(H,24,25). The van der Waals surface area contributed by atoms with E-state index in [1.54, 1.807) is 24.3 Å². The molecule has 1 fully saturated rings. The summed E-state index contributed by atoms with van der Waals surface area (Å²) in [5.74, 6) is 0.181. The van der Waals surface area contributed by atoms with Crippen molar-refractivity contribution in [3.05, 3.63) is 70.6 Å². The number of para-hydroxylation sites is 2. The Kier molecular flexibility index (Phi) is 5.39. The van der Waals surface area contributed by atoms with Crippen LogP contribution in [0.4, 0.5) is 5.69 Å². The van der Waals surface area contributed by atoms with Crippen molar-refractivity contribution in [2.24, 2.45) is 0 Å². The molecule has 3 aromatic rings. The maximum atomic E-state index is 12.7. The molecule has 1 saturated heterocycles. The molecular weight excluding hydrogens is 356 g/mol. The molecule has 6 heteroatoms. The van der Waals surface area contributed by atoms with E-state index in [0.29, 0.717) is 23.4 Å². The molecule has 0 radical (unpaired) electrons. The van der Waals surface area contributed by atoms with Gasteiger partial charge in [0.05, 0.1) is 11.8 Å². The molecule has 1 atom stereocenters. The Balaban J connectivity index is 1.51. The van der Waals surface area contributed by atoms with Gasteiger partial charge < -0.3 is 19.8 Å². The van der Waals surface area contributed by atoms with E-state index in [2.05, 4.69) is 10.3 Å². The minimum absolute atomic E-state index is 0.0781. The number of amides is 1. The molecule has 2 N–H and O–H groups in total. The molecule has 0 bridgehead atoms. The molecule has 144 valence electrons. The zero-order valence-electron chi connectivity index (χ0n) is 15.4. The van der Waals surface area contributed by atoms with Gasteiger partial charge in [0, 0.05) is 12.0 Å². The van der Waals surface area contributed by atoms with Crippen LogP contribution in [0.15, 0.2) is 59.4 Å². The van der Waals surface area contributed by atoms with E-state index in [-0.39, 0.29) is 17.4 Å². The van der Waals surface area contributed by atoms with E-state index >= 15 is 0 Å². The van der Waals surface area contributed by atoms with E-state index < -0.39 is 5.91 Å². The summed E-state index contributed by atoms with van der Waals surface area (Å²) < 4.78 is 11.6. The van der Waals surface area contributed by atoms with Gasteiger partial charge in [-0.25, -0.2) is 0 Å². The highest BCUT2D eigenvalue weighted by atomic mass is 16.5. The number of nitrogens with one attached hydrogen (secondary N) is 2. The third-order valence-electron chi connectivity index (χ3n) is 4.83. The predicted molar refractivity (Wildman–Crippen MR) is 108 cm³/mol. The second kappa shape index (κ2) is 8.27. The highest BCUT2D eigenvalue weighted by Gasteiger charge is 2.16. The Bertz CT molecular complexity index is 1040. The van der Waals surface area contributed by atoms with Gasteiger partial charge in [-0.1, -0.05) is 30.3 Å². The lowest BCUT2D eigenvalue weighted by Crippen LogP contribution is -2.26. The summed E-state index contributed by atoms with van der Waals surface area (Å²) in [5, 5.41) is 4.10. The number of anilines is 1. The van der Waals surface area contributed by atoms with Gasteiger partial charge >= 0.3 is 0 Å². The van der Waals surface area contributed by atoms with Gasteiger partial charge in [0.15, 0.2) is 0 Å². The first-order chi connectivity index (χ1) is 13.7. The van der Waals surface area contributed by atoms with Crippen LogP contribution in [0.3, 0.4) is 0 Å². The van der Waals surface area contributed by atoms with Gasteiger partial charge in [-0.15, -0.1) is 0 Å². The zero-order valence-corrected chi connectivity index (χ0v) is 15.4. The van der Waals surface area contributed by atoms with Crippen molar-refractivity contribution in [3.8, 4) is 5.75 Å². The number of pyridine rings is 1. The van der Waals surface area contributed by atoms with Crippen molar-refractivity contribution < 1.29 is 14.3 Å². The summed E-state index contributed by atoms with van der Waals surface area (Å²) in [5.41, 5.74) is 0.466. The fraction of sp³-hybridized carbons (Fsp3) is 0.273. The maximum Gasteiger partial charge on any atom is 0.272 e. The van der Waals surface area contributed by atoms with Crippen molar-refractivity contribution in [2.45, 2.75) is 25.4 Å². The van der Waals surface area contributed by atoms with Crippen LogP contribution in [0.2, 0.25) is 0 Å². The van der Waals surface area contributed by atoms with Crippen molar-refractivity contribution in [1.29, 1.82) is 0 Å². The first kappa shape index (κ1) is 18.3. The smallest absolute Gasteiger partial charge is 0.272 e. The highest BCUT2D eigenvalue weighted by Crippen LogP contribution is 2.25. The highest BCUT2D eigenvalue weighted by molar-refractivity contribution is 6.05. The van der Waals surface area contributed by atoms with Crippen LogP contribution < -0.4 is 15.6 Å². The maximum absolute atomic E-state index is 12.7. The van der Waals surface area contributed by atoms with E-state index in [9.17, 15) is 9.59 Å². The lowest BCUT2D eigenvalue weighted by molar-refractivity contribution is -0.0109. The number of benzene rings is 2. The SMILES string of the molecule is O=C(Nc1ccccc1OCC1CCCCO1)c1cc2ccccc2c(=O)[nH]1. The summed E-state index contributed by atoms with van der Waals surface area (Å²) >= 11 is 0. The molecular formula is C22H22N2O4. The lowest BCUT2D eigenvalue weighted by Gasteiger charge is -2.23. The van der Waals surface area contributed by atoms with Crippen LogP contribution in [0.5, 0.6) is 5.75 Å². The molecule has 2 heterocycles. The third-order valence-corrected chi connectivity index (χ3v) is 4.83. The molecule has 0 spiro atoms. The van der Waals surface area contributed by atoms with Gasteiger partial charge in [-0.05, 0) is 48.9 Å². The summed E-state index contributed by atoms with van der Waals surface area (Å²) in [7, 11) is 0. The molecule has 28 heavy (non-hydrogen) atoms. The molecule has 1 amide bonds. The Morgan fingerprint density at radius 1 is 1.14 bits per heavy atom. The first-order valence-electron chi connectivity index (χ1n) is 9.47. The van der Waals surface area contributed by atoms with Crippen LogP contribution >= 0.6 is 0 Å². The molecule has 2 aromatic carbocycles. The summed E-state index contributed by atoms with van der Waals surface area (Å²) in [6.45, 7) is 1.21. The van der Waals surface area contributed by atoms with Crippen LogP contribution in [-0.4, -0.2) is 30.2 Å². The van der Waals surface area contributed by atoms with Crippen molar-refractivity contribution in [3.63, 3.8) is 0 Å². The number of aromatic nitrogens is 1. The third kappa shape index (κ3) is 4.07. The molecule has 1 unspecified atom stereocenters. The monoisotopic (exact) mass is 378 g/mol. The normalized spacial score (nSPS) is 16.6. The number of hydrogen-bond acceptors (Lipinski definition) is 4. The minimum Gasteiger partial charge on any atom is -0.489 e. The molecule has 1 aliphatic rings. The quantitative estimate of drug-likeness (QED) is 0.709. The summed E-state index contributed by atoms with van der Waals surface area (Å²) in [4.78, 5) is 27.6. The zero-order chi connectivity index (χ0) is 19.3. The molecule has 1 aliphatic heterocycles. The van der Waals surface area contributed by atoms with Gasteiger partial charge in [0.1, 0.15) is 18.1 Å². The van der Waals surface area contributed by atoms with Gasteiger partial charge in [0.2, 0.25) is 0 Å². The molecule has 0 aliphatic carbocycles. The number of ether oxygens (including phenoxy) is 2. The van der Waals surface area contributed by atoms with Crippen molar-refractivity contribution in [2.75, 3.05) is 18.5 Å². The number of H-pyrrole nitrogens is 1. The molecule has 4 rings (SSSR count). The van der Waals surface area contributed by atoms with E-state index in [1.807, 2.05) is 30.3 Å². The van der Waals surface area contributed by atoms with Crippen molar-refractivity contribution >= 4 is 22.4 Å². The van der Waals surface area contributed by atoms with Crippen molar-refractivity contribution in [1.82, 2.24) is 4.98 Å². The Morgan fingerprint density at radius 2 is 1.96 bits per heavy atom. The second-order valence-corrected chi connectivity index (χ2v) is 6.85. The van der Waals surface area contributed by atoms with E-state index in [1.165, 1.54) is 0 Å². The first-order valence-corrected chi connectivity index (χ1v) is 9.47. The van der Waals surface area contributed by atoms with Crippen LogP contribution in [-0.2, 0) is 4.74 Å². The number of carbonyl (C=O) groups excluding carboxylic acids is 1. The number of carbonyl (C=O) groups is 1. The van der Waals surface area contributed by atoms with Crippen LogP contribution in [0.1, 0.15) is 29.8 Å². The van der Waals surface area contributed by atoms with Gasteiger partial charge in [0.25, 0.3) is 11.5 Å². The fourth-order valence-corrected chi connectivity index (χ4v) is 3.34. The average molecular weight is 378 g/mol. The van der Waals surface area contributed by atoms with E-state index in [0.717, 1.165) is 31.3 Å². The number of rotatable bonds is 5. The molecule has 0 saturated carbocycles. The molecule has 6 nitrogen and oxygen atoms in total. The van der Waals surface area contributed by atoms with Crippen LogP contribution in [0.25, 0.3) is 10.8 Å². The topological polar surface area (TPSA) is 80.4 Å². The predicted octanol–water partition coefficient (Wildman–Crippen LogP) is 3.73. The summed E-state index contributed by atoms with van der Waals surface area (Å²) in [6.07, 6.45) is 3.29. The lowest BCUT2D eigenvalue weighted by atomic mass is 10.1. The fourth-order valence-electron chi connectivity index (χ4n) is 3.34. The van der Waals surface area contributed by atoms with Crippen LogP contribution in [0, 0.1) is 0 Å². The Labute approximate surface area is 162 Å². The van der Waals surface area contributed by atoms with Gasteiger partial charge in [-0.3, -0.25) is 9.59 Å². The number of hydrogen-bond donors (Lipinski definition) is 2. The number of aromatic amines is 1. The van der Waals surface area contributed by atoms with Gasteiger partial charge in [-0.2, -0.15) is 0 Å². The summed E-state index contributed by atoms with van der Waals surface area (Å²) in [6, 6.07) is 16.1. The average Bonchev–Trinajstić information content (AvgIpc) is 2.74.